The summed E-state index contributed by atoms with van der Waals surface area (Å²) < 4.78 is 11.1. The molecule has 0 bridgehead atoms. The Labute approximate surface area is 115 Å². The van der Waals surface area contributed by atoms with Crippen LogP contribution in [-0.4, -0.2) is 21.9 Å². The minimum absolute atomic E-state index is 0.00471. The van der Waals surface area contributed by atoms with Crippen LogP contribution in [-0.2, 0) is 23.3 Å². The molecule has 104 valence electrons. The average molecular weight is 283 g/mol. The van der Waals surface area contributed by atoms with Gasteiger partial charge in [-0.05, 0) is 0 Å². The lowest BCUT2D eigenvalue weighted by Crippen LogP contribution is -2.17. The first-order chi connectivity index (χ1) is 8.90. The second-order valence-electron chi connectivity index (χ2n) is 5.23. The molecule has 0 spiro atoms. The lowest BCUT2D eigenvalue weighted by molar-refractivity contribution is 0.158. The number of hydrogen-bond acceptors (Lipinski definition) is 6. The zero-order valence-electron chi connectivity index (χ0n) is 11.5. The van der Waals surface area contributed by atoms with Crippen molar-refractivity contribution in [1.29, 1.82) is 0 Å². The molecule has 2 rings (SSSR count). The first kappa shape index (κ1) is 14.0. The zero-order chi connectivity index (χ0) is 14.0. The van der Waals surface area contributed by atoms with Gasteiger partial charge in [-0.1, -0.05) is 20.8 Å². The van der Waals surface area contributed by atoms with Gasteiger partial charge in [0.1, 0.15) is 18.2 Å². The number of aromatic nitrogens is 3. The Morgan fingerprint density at radius 1 is 1.47 bits per heavy atom. The van der Waals surface area contributed by atoms with E-state index < -0.39 is 5.76 Å². The third-order valence-corrected chi connectivity index (χ3v) is 3.35. The fraction of sp³-hybridized carbons (Fsp3) is 0.583. The van der Waals surface area contributed by atoms with Crippen LogP contribution in [0.1, 0.15) is 37.4 Å². The SMILES string of the molecule is COCc1nn(Cc2nc(C(C)(C)C)cs2)c(=O)o1. The lowest BCUT2D eigenvalue weighted by atomic mass is 9.93. The summed E-state index contributed by atoms with van der Waals surface area (Å²) >= 11 is 1.52. The van der Waals surface area contributed by atoms with Crippen LogP contribution in [0.5, 0.6) is 0 Å². The highest BCUT2D eigenvalue weighted by molar-refractivity contribution is 7.09. The third-order valence-electron chi connectivity index (χ3n) is 2.52. The number of nitrogens with zero attached hydrogens (tertiary/aromatic N) is 3. The van der Waals surface area contributed by atoms with Crippen LogP contribution >= 0.6 is 11.3 Å². The van der Waals surface area contributed by atoms with Gasteiger partial charge < -0.3 is 9.15 Å². The Kier molecular flexibility index (Phi) is 3.86. The molecule has 0 radical (unpaired) electrons. The summed E-state index contributed by atoms with van der Waals surface area (Å²) in [5, 5.41) is 6.89. The molecule has 0 fully saturated rings. The number of hydrogen-bond donors (Lipinski definition) is 0. The van der Waals surface area contributed by atoms with Gasteiger partial charge in [0, 0.05) is 17.9 Å². The van der Waals surface area contributed by atoms with E-state index in [-0.39, 0.29) is 17.9 Å². The standard InChI is InChI=1S/C12H17N3O3S/c1-12(2,3)8-7-19-10(13-8)5-15-11(16)18-9(14-15)6-17-4/h7H,5-6H2,1-4H3. The van der Waals surface area contributed by atoms with Gasteiger partial charge in [0.2, 0.25) is 5.89 Å². The first-order valence-corrected chi connectivity index (χ1v) is 6.79. The summed E-state index contributed by atoms with van der Waals surface area (Å²) in [5.74, 6) is -0.209. The normalized spacial score (nSPS) is 12.0. The molecule has 0 aliphatic rings. The fourth-order valence-corrected chi connectivity index (χ4v) is 2.49. The Bertz CT molecular complexity index is 606. The molecule has 0 atom stereocenters. The Morgan fingerprint density at radius 3 is 2.79 bits per heavy atom. The first-order valence-electron chi connectivity index (χ1n) is 5.91. The Hall–Kier alpha value is -1.47. The van der Waals surface area contributed by atoms with Crippen molar-refractivity contribution >= 4 is 11.3 Å². The molecule has 0 saturated heterocycles. The van der Waals surface area contributed by atoms with Crippen LogP contribution in [0, 0.1) is 0 Å². The van der Waals surface area contributed by atoms with Crippen LogP contribution in [0.15, 0.2) is 14.6 Å². The highest BCUT2D eigenvalue weighted by Gasteiger charge is 2.18. The molecule has 0 aliphatic heterocycles. The summed E-state index contributed by atoms with van der Waals surface area (Å²) in [6, 6.07) is 0. The summed E-state index contributed by atoms with van der Waals surface area (Å²) in [5.41, 5.74) is 1.02. The number of methoxy groups -OCH3 is 1. The zero-order valence-corrected chi connectivity index (χ0v) is 12.3. The molecule has 0 amide bonds. The molecular formula is C12H17N3O3S. The van der Waals surface area contributed by atoms with Crippen LogP contribution in [0.2, 0.25) is 0 Å². The number of rotatable bonds is 4. The van der Waals surface area contributed by atoms with Gasteiger partial charge >= 0.3 is 5.76 Å². The molecule has 0 N–H and O–H groups in total. The fourth-order valence-electron chi connectivity index (χ4n) is 1.49. The van der Waals surface area contributed by atoms with Crippen molar-refractivity contribution in [3.8, 4) is 0 Å². The van der Waals surface area contributed by atoms with E-state index >= 15 is 0 Å². The van der Waals surface area contributed by atoms with Crippen molar-refractivity contribution in [3.05, 3.63) is 32.5 Å². The summed E-state index contributed by atoms with van der Waals surface area (Å²) in [6.07, 6.45) is 0. The topological polar surface area (TPSA) is 70.2 Å². The number of ether oxygens (including phenoxy) is 1. The molecule has 0 saturated carbocycles. The van der Waals surface area contributed by atoms with Crippen molar-refractivity contribution in [2.24, 2.45) is 0 Å². The monoisotopic (exact) mass is 283 g/mol. The highest BCUT2D eigenvalue weighted by atomic mass is 32.1. The van der Waals surface area contributed by atoms with Gasteiger partial charge in [-0.25, -0.2) is 9.78 Å². The van der Waals surface area contributed by atoms with Gasteiger partial charge in [0.15, 0.2) is 0 Å². The molecule has 2 heterocycles. The van der Waals surface area contributed by atoms with E-state index in [4.69, 9.17) is 9.15 Å². The predicted molar refractivity (Wildman–Crippen MR) is 71.4 cm³/mol. The summed E-state index contributed by atoms with van der Waals surface area (Å²) in [7, 11) is 1.52. The molecule has 0 aromatic carbocycles. The quantitative estimate of drug-likeness (QED) is 0.855. The van der Waals surface area contributed by atoms with E-state index in [0.717, 1.165) is 10.7 Å². The van der Waals surface area contributed by atoms with E-state index in [9.17, 15) is 4.79 Å². The lowest BCUT2D eigenvalue weighted by Gasteiger charge is -2.14. The van der Waals surface area contributed by atoms with E-state index in [1.807, 2.05) is 5.38 Å². The third kappa shape index (κ3) is 3.30. The Balaban J connectivity index is 2.17. The van der Waals surface area contributed by atoms with Crippen molar-refractivity contribution in [2.75, 3.05) is 7.11 Å². The Morgan fingerprint density at radius 2 is 2.21 bits per heavy atom. The highest BCUT2D eigenvalue weighted by Crippen LogP contribution is 2.23. The smallest absolute Gasteiger partial charge is 0.390 e. The molecule has 0 aliphatic carbocycles. The maximum Gasteiger partial charge on any atom is 0.437 e. The molecular weight excluding hydrogens is 266 g/mol. The predicted octanol–water partition coefficient (Wildman–Crippen LogP) is 1.79. The van der Waals surface area contributed by atoms with Crippen LogP contribution < -0.4 is 5.76 Å². The molecule has 7 heteroatoms. The van der Waals surface area contributed by atoms with Crippen LogP contribution in [0.4, 0.5) is 0 Å². The second kappa shape index (κ2) is 5.26. The molecule has 6 nitrogen and oxygen atoms in total. The van der Waals surface area contributed by atoms with E-state index in [1.54, 1.807) is 0 Å². The number of thiazole rings is 1. The van der Waals surface area contributed by atoms with Gasteiger partial charge in [0.05, 0.1) is 5.69 Å². The minimum Gasteiger partial charge on any atom is -0.390 e. The summed E-state index contributed by atoms with van der Waals surface area (Å²) in [4.78, 5) is 16.1. The maximum atomic E-state index is 11.6. The molecule has 0 unspecified atom stereocenters. The van der Waals surface area contributed by atoms with Crippen molar-refractivity contribution in [2.45, 2.75) is 39.3 Å². The van der Waals surface area contributed by atoms with E-state index in [2.05, 4.69) is 30.9 Å². The minimum atomic E-state index is -0.487. The van der Waals surface area contributed by atoms with Crippen molar-refractivity contribution in [1.82, 2.24) is 14.8 Å². The molecule has 2 aromatic heterocycles. The van der Waals surface area contributed by atoms with E-state index in [0.29, 0.717) is 6.54 Å². The summed E-state index contributed by atoms with van der Waals surface area (Å²) in [6.45, 7) is 6.82. The van der Waals surface area contributed by atoms with Gasteiger partial charge in [-0.15, -0.1) is 16.4 Å². The maximum absolute atomic E-state index is 11.6. The van der Waals surface area contributed by atoms with Crippen LogP contribution in [0.25, 0.3) is 0 Å². The van der Waals surface area contributed by atoms with Gasteiger partial charge in [-0.3, -0.25) is 0 Å². The van der Waals surface area contributed by atoms with Gasteiger partial charge in [0.25, 0.3) is 0 Å². The molecule has 19 heavy (non-hydrogen) atoms. The second-order valence-corrected chi connectivity index (χ2v) is 6.17. The molecule has 2 aromatic rings. The van der Waals surface area contributed by atoms with Crippen molar-refractivity contribution in [3.63, 3.8) is 0 Å². The van der Waals surface area contributed by atoms with Crippen LogP contribution in [0.3, 0.4) is 0 Å². The van der Waals surface area contributed by atoms with E-state index in [1.165, 1.54) is 23.1 Å². The average Bonchev–Trinajstić information content (AvgIpc) is 2.87. The largest absolute Gasteiger partial charge is 0.437 e. The van der Waals surface area contributed by atoms with Gasteiger partial charge in [-0.2, -0.15) is 4.68 Å². The van der Waals surface area contributed by atoms with Crippen molar-refractivity contribution < 1.29 is 9.15 Å².